The molecule has 1 aliphatic carbocycles. The highest BCUT2D eigenvalue weighted by Crippen LogP contribution is 2.37. The highest BCUT2D eigenvalue weighted by molar-refractivity contribution is 6.32. The van der Waals surface area contributed by atoms with Crippen molar-refractivity contribution in [2.45, 2.75) is 32.1 Å². The first-order valence-electron chi connectivity index (χ1n) is 11.2. The lowest BCUT2D eigenvalue weighted by atomic mass is 9.75. The van der Waals surface area contributed by atoms with Crippen LogP contribution in [0.5, 0.6) is 11.5 Å². The summed E-state index contributed by atoms with van der Waals surface area (Å²) in [5.41, 5.74) is 1.05. The number of nitrogens with one attached hydrogen (secondary N) is 1. The lowest BCUT2D eigenvalue weighted by molar-refractivity contribution is -0.118. The molecule has 0 spiro atoms. The van der Waals surface area contributed by atoms with Crippen molar-refractivity contribution in [1.29, 1.82) is 0 Å². The first-order valence-corrected chi connectivity index (χ1v) is 11.6. The van der Waals surface area contributed by atoms with Crippen LogP contribution < -0.4 is 14.8 Å². The molecule has 2 fully saturated rings. The predicted molar refractivity (Wildman–Crippen MR) is 125 cm³/mol. The second-order valence-electron chi connectivity index (χ2n) is 8.53. The van der Waals surface area contributed by atoms with Gasteiger partial charge in [-0.3, -0.25) is 9.59 Å². The molecule has 1 N–H and O–H groups in total. The molecule has 1 saturated carbocycles. The maximum atomic E-state index is 13.2. The van der Waals surface area contributed by atoms with Crippen LogP contribution in [0.1, 0.15) is 42.5 Å². The Morgan fingerprint density at radius 3 is 2.62 bits per heavy atom. The molecule has 4 rings (SSSR count). The van der Waals surface area contributed by atoms with E-state index in [1.165, 1.54) is 32.8 Å². The van der Waals surface area contributed by atoms with Gasteiger partial charge in [0.05, 0.1) is 17.7 Å². The number of rotatable bonds is 6. The number of anilines is 1. The zero-order valence-corrected chi connectivity index (χ0v) is 19.1. The molecule has 2 atom stereocenters. The molecular formula is C25H29ClN2O4. The number of fused-ring (bicyclic) bond motifs is 1. The van der Waals surface area contributed by atoms with Gasteiger partial charge in [0.15, 0.2) is 6.61 Å². The zero-order valence-electron chi connectivity index (χ0n) is 18.3. The van der Waals surface area contributed by atoms with Crippen LogP contribution in [0.25, 0.3) is 0 Å². The monoisotopic (exact) mass is 456 g/mol. The number of carbonyl (C=O) groups excluding carboxylic acids is 2. The summed E-state index contributed by atoms with van der Waals surface area (Å²) < 4.78 is 10.9. The Hall–Kier alpha value is -2.73. The number of likely N-dealkylation sites (tertiary alicyclic amines) is 1. The number of hydrogen-bond donors (Lipinski definition) is 1. The fourth-order valence-electron chi connectivity index (χ4n) is 4.81. The lowest BCUT2D eigenvalue weighted by Crippen LogP contribution is -2.44. The zero-order chi connectivity index (χ0) is 22.5. The standard InChI is InChI=1S/C25H29ClN2O4/c1-31-23-11-10-19(14-21(23)26)27-24(29)16-32-22-9-5-4-8-20(22)25(30)28-13-12-17-6-2-3-7-18(17)15-28/h4-5,8-11,14,17-18H,2-3,6-7,12-13,15-16H2,1H3,(H,27,29)/t17-,18+/m0/s1. The number of hydrogen-bond acceptors (Lipinski definition) is 4. The summed E-state index contributed by atoms with van der Waals surface area (Å²) in [7, 11) is 1.53. The Morgan fingerprint density at radius 2 is 1.84 bits per heavy atom. The van der Waals surface area contributed by atoms with Gasteiger partial charge in [0.1, 0.15) is 11.5 Å². The quantitative estimate of drug-likeness (QED) is 0.662. The molecule has 32 heavy (non-hydrogen) atoms. The fraction of sp³-hybridized carbons (Fsp3) is 0.440. The van der Waals surface area contributed by atoms with Crippen molar-refractivity contribution in [3.63, 3.8) is 0 Å². The van der Waals surface area contributed by atoms with Crippen LogP contribution >= 0.6 is 11.6 Å². The second-order valence-corrected chi connectivity index (χ2v) is 8.93. The molecule has 2 aliphatic rings. The number of piperidine rings is 1. The smallest absolute Gasteiger partial charge is 0.262 e. The van der Waals surface area contributed by atoms with Crippen LogP contribution in [0.3, 0.4) is 0 Å². The minimum atomic E-state index is -0.337. The number of ether oxygens (including phenoxy) is 2. The number of nitrogens with zero attached hydrogens (tertiary/aromatic N) is 1. The number of para-hydroxylation sites is 1. The predicted octanol–water partition coefficient (Wildman–Crippen LogP) is 5.02. The number of halogens is 1. The maximum absolute atomic E-state index is 13.2. The van der Waals surface area contributed by atoms with E-state index in [9.17, 15) is 9.59 Å². The number of carbonyl (C=O) groups is 2. The molecule has 1 heterocycles. The summed E-state index contributed by atoms with van der Waals surface area (Å²) >= 11 is 6.11. The third-order valence-electron chi connectivity index (χ3n) is 6.49. The van der Waals surface area contributed by atoms with E-state index in [-0.39, 0.29) is 18.4 Å². The summed E-state index contributed by atoms with van der Waals surface area (Å²) in [5, 5.41) is 3.15. The van der Waals surface area contributed by atoms with Crippen molar-refractivity contribution in [3.8, 4) is 11.5 Å². The van der Waals surface area contributed by atoms with Crippen molar-refractivity contribution >= 4 is 29.1 Å². The summed E-state index contributed by atoms with van der Waals surface area (Å²) in [6.07, 6.45) is 6.16. The van der Waals surface area contributed by atoms with Crippen molar-refractivity contribution in [3.05, 3.63) is 53.1 Å². The third kappa shape index (κ3) is 5.18. The minimum Gasteiger partial charge on any atom is -0.495 e. The minimum absolute atomic E-state index is 0.0213. The Bertz CT molecular complexity index is 980. The maximum Gasteiger partial charge on any atom is 0.262 e. The van der Waals surface area contributed by atoms with E-state index in [0.29, 0.717) is 33.7 Å². The molecule has 0 radical (unpaired) electrons. The van der Waals surface area contributed by atoms with Gasteiger partial charge < -0.3 is 19.7 Å². The van der Waals surface area contributed by atoms with Crippen LogP contribution in [-0.4, -0.2) is 43.5 Å². The average molecular weight is 457 g/mol. The Kier molecular flexibility index (Phi) is 7.20. The number of amides is 2. The number of methoxy groups -OCH3 is 1. The topological polar surface area (TPSA) is 67.9 Å². The molecule has 0 bridgehead atoms. The average Bonchev–Trinajstić information content (AvgIpc) is 2.82. The number of benzene rings is 2. The van der Waals surface area contributed by atoms with E-state index in [1.54, 1.807) is 36.4 Å². The first-order chi connectivity index (χ1) is 15.5. The molecule has 1 aliphatic heterocycles. The third-order valence-corrected chi connectivity index (χ3v) is 6.79. The summed E-state index contributed by atoms with van der Waals surface area (Å²) in [6, 6.07) is 12.1. The molecule has 2 aromatic rings. The normalized spacial score (nSPS) is 20.2. The van der Waals surface area contributed by atoms with Crippen molar-refractivity contribution in [2.75, 3.05) is 32.1 Å². The SMILES string of the molecule is COc1ccc(NC(=O)COc2ccccc2C(=O)N2CC[C@@H]3CCCC[C@@H]3C2)cc1Cl. The fourth-order valence-corrected chi connectivity index (χ4v) is 5.07. The van der Waals surface area contributed by atoms with Crippen LogP contribution in [0, 0.1) is 11.8 Å². The molecule has 1 saturated heterocycles. The van der Waals surface area contributed by atoms with Gasteiger partial charge in [-0.2, -0.15) is 0 Å². The van der Waals surface area contributed by atoms with Gasteiger partial charge in [0.2, 0.25) is 0 Å². The molecule has 7 heteroatoms. The molecule has 0 unspecified atom stereocenters. The Morgan fingerprint density at radius 1 is 1.06 bits per heavy atom. The summed E-state index contributed by atoms with van der Waals surface area (Å²) in [5.74, 6) is 1.96. The van der Waals surface area contributed by atoms with Gasteiger partial charge >= 0.3 is 0 Å². The summed E-state index contributed by atoms with van der Waals surface area (Å²) in [4.78, 5) is 27.6. The molecule has 0 aromatic heterocycles. The second kappa shape index (κ2) is 10.3. The van der Waals surface area contributed by atoms with E-state index in [1.807, 2.05) is 11.0 Å². The largest absolute Gasteiger partial charge is 0.495 e. The Balaban J connectivity index is 1.37. The molecule has 2 aromatic carbocycles. The van der Waals surface area contributed by atoms with E-state index < -0.39 is 0 Å². The van der Waals surface area contributed by atoms with E-state index in [4.69, 9.17) is 21.1 Å². The highest BCUT2D eigenvalue weighted by Gasteiger charge is 2.33. The van der Waals surface area contributed by atoms with Crippen LogP contribution in [-0.2, 0) is 4.79 Å². The van der Waals surface area contributed by atoms with Gasteiger partial charge in [0.25, 0.3) is 11.8 Å². The van der Waals surface area contributed by atoms with E-state index >= 15 is 0 Å². The Labute approximate surface area is 193 Å². The van der Waals surface area contributed by atoms with Crippen LogP contribution in [0.15, 0.2) is 42.5 Å². The van der Waals surface area contributed by atoms with Gasteiger partial charge in [-0.15, -0.1) is 0 Å². The van der Waals surface area contributed by atoms with Gasteiger partial charge in [-0.05, 0) is 55.0 Å². The van der Waals surface area contributed by atoms with E-state index in [0.717, 1.165) is 25.4 Å². The van der Waals surface area contributed by atoms with Crippen LogP contribution in [0.2, 0.25) is 5.02 Å². The summed E-state index contributed by atoms with van der Waals surface area (Å²) in [6.45, 7) is 1.39. The van der Waals surface area contributed by atoms with Gasteiger partial charge in [0, 0.05) is 18.8 Å². The van der Waals surface area contributed by atoms with Crippen molar-refractivity contribution < 1.29 is 19.1 Å². The van der Waals surface area contributed by atoms with Gasteiger partial charge in [-0.25, -0.2) is 0 Å². The van der Waals surface area contributed by atoms with Crippen LogP contribution in [0.4, 0.5) is 5.69 Å². The highest BCUT2D eigenvalue weighted by atomic mass is 35.5. The first kappa shape index (κ1) is 22.5. The molecule has 2 amide bonds. The molecule has 6 nitrogen and oxygen atoms in total. The lowest BCUT2D eigenvalue weighted by Gasteiger charge is -2.41. The van der Waals surface area contributed by atoms with Crippen molar-refractivity contribution in [1.82, 2.24) is 4.90 Å². The molecule has 170 valence electrons. The van der Waals surface area contributed by atoms with Crippen molar-refractivity contribution in [2.24, 2.45) is 11.8 Å². The molecular weight excluding hydrogens is 428 g/mol. The van der Waals surface area contributed by atoms with Gasteiger partial charge in [-0.1, -0.05) is 43.0 Å². The van der Waals surface area contributed by atoms with E-state index in [2.05, 4.69) is 5.32 Å².